The van der Waals surface area contributed by atoms with Crippen molar-refractivity contribution < 1.29 is 5.11 Å². The van der Waals surface area contributed by atoms with E-state index in [4.69, 9.17) is 17.3 Å². The van der Waals surface area contributed by atoms with Crippen molar-refractivity contribution in [3.05, 3.63) is 45.9 Å². The van der Waals surface area contributed by atoms with Gasteiger partial charge < -0.3 is 16.2 Å². The zero-order valence-electron chi connectivity index (χ0n) is 11.9. The molecule has 2 rings (SSSR count). The number of hydrogen-bond donors (Lipinski definition) is 3. The van der Waals surface area contributed by atoms with Crippen molar-refractivity contribution in [3.63, 3.8) is 0 Å². The maximum atomic E-state index is 9.54. The lowest BCUT2D eigenvalue weighted by Gasteiger charge is -2.24. The third-order valence-electron chi connectivity index (χ3n) is 3.30. The van der Waals surface area contributed by atoms with Crippen LogP contribution >= 0.6 is 22.9 Å². The van der Waals surface area contributed by atoms with E-state index in [2.05, 4.69) is 17.2 Å². The van der Waals surface area contributed by atoms with Crippen LogP contribution in [0.4, 0.5) is 5.13 Å². The van der Waals surface area contributed by atoms with Gasteiger partial charge in [-0.3, -0.25) is 0 Å². The average Bonchev–Trinajstić information content (AvgIpc) is 2.91. The number of aliphatic hydroxyl groups is 1. The third-order valence-corrected chi connectivity index (χ3v) is 4.54. The molecule has 1 aromatic heterocycles. The summed E-state index contributed by atoms with van der Waals surface area (Å²) in [6.07, 6.45) is 3.66. The highest BCUT2D eigenvalue weighted by Crippen LogP contribution is 2.32. The van der Waals surface area contributed by atoms with Gasteiger partial charge in [0.2, 0.25) is 0 Å². The van der Waals surface area contributed by atoms with Crippen molar-refractivity contribution >= 4 is 28.1 Å². The van der Waals surface area contributed by atoms with Crippen molar-refractivity contribution in [1.29, 1.82) is 0 Å². The van der Waals surface area contributed by atoms with Crippen LogP contribution in [0, 0.1) is 0 Å². The molecule has 0 aliphatic heterocycles. The van der Waals surface area contributed by atoms with Gasteiger partial charge in [0.25, 0.3) is 0 Å². The normalized spacial score (nSPS) is 14.0. The van der Waals surface area contributed by atoms with E-state index in [1.165, 1.54) is 11.3 Å². The van der Waals surface area contributed by atoms with Gasteiger partial charge in [-0.25, -0.2) is 4.98 Å². The minimum Gasteiger partial charge on any atom is -0.395 e. The number of anilines is 1. The zero-order chi connectivity index (χ0) is 15.2. The van der Waals surface area contributed by atoms with Gasteiger partial charge in [0.1, 0.15) is 0 Å². The number of aromatic nitrogens is 1. The Bertz CT molecular complexity index is 576. The molecular formula is C15H20ClN3OS. The highest BCUT2D eigenvalue weighted by Gasteiger charge is 2.22. The Morgan fingerprint density at radius 2 is 2.19 bits per heavy atom. The molecular weight excluding hydrogens is 306 g/mol. The molecule has 4 N–H and O–H groups in total. The van der Waals surface area contributed by atoms with E-state index in [1.807, 2.05) is 24.3 Å². The summed E-state index contributed by atoms with van der Waals surface area (Å²) < 4.78 is 0. The Morgan fingerprint density at radius 3 is 2.76 bits per heavy atom. The number of aliphatic hydroxyl groups excluding tert-OH is 1. The highest BCUT2D eigenvalue weighted by molar-refractivity contribution is 7.15. The minimum absolute atomic E-state index is 0.0135. The van der Waals surface area contributed by atoms with E-state index in [0.29, 0.717) is 10.2 Å². The van der Waals surface area contributed by atoms with Crippen LogP contribution in [0.15, 0.2) is 30.5 Å². The molecule has 0 aliphatic rings. The summed E-state index contributed by atoms with van der Waals surface area (Å²) in [6.45, 7) is 2.18. The van der Waals surface area contributed by atoms with E-state index in [0.717, 1.165) is 23.3 Å². The topological polar surface area (TPSA) is 71.2 Å². The first kappa shape index (κ1) is 16.2. The molecule has 0 bridgehead atoms. The molecule has 0 aliphatic carbocycles. The number of nitrogens with zero attached hydrogens (tertiary/aromatic N) is 1. The van der Waals surface area contributed by atoms with Crippen molar-refractivity contribution in [1.82, 2.24) is 10.3 Å². The molecule has 1 aromatic carbocycles. The number of benzene rings is 1. The Balaban J connectivity index is 2.33. The molecule has 4 nitrogen and oxygen atoms in total. The van der Waals surface area contributed by atoms with Gasteiger partial charge in [-0.1, -0.05) is 43.1 Å². The molecule has 0 fully saturated rings. The van der Waals surface area contributed by atoms with Crippen molar-refractivity contribution in [2.24, 2.45) is 0 Å². The lowest BCUT2D eigenvalue weighted by atomic mass is 10.0. The van der Waals surface area contributed by atoms with Gasteiger partial charge in [-0.2, -0.15) is 0 Å². The number of nitrogens with one attached hydrogen (secondary N) is 1. The second kappa shape index (κ2) is 7.75. The molecule has 0 spiro atoms. The summed E-state index contributed by atoms with van der Waals surface area (Å²) in [5.74, 6) is 0. The van der Waals surface area contributed by atoms with Crippen molar-refractivity contribution in [2.75, 3.05) is 12.3 Å². The van der Waals surface area contributed by atoms with E-state index in [1.54, 1.807) is 6.20 Å². The van der Waals surface area contributed by atoms with Gasteiger partial charge in [-0.15, -0.1) is 11.3 Å². The van der Waals surface area contributed by atoms with Crippen LogP contribution in [0.1, 0.15) is 36.2 Å². The fraction of sp³-hybridized carbons (Fsp3) is 0.400. The molecule has 114 valence electrons. The molecule has 0 saturated carbocycles. The highest BCUT2D eigenvalue weighted by atomic mass is 35.5. The predicted molar refractivity (Wildman–Crippen MR) is 88.7 cm³/mol. The lowest BCUT2D eigenvalue weighted by molar-refractivity contribution is 0.228. The van der Waals surface area contributed by atoms with Gasteiger partial charge in [0, 0.05) is 22.1 Å². The number of nitrogens with two attached hydrogens (primary N) is 1. The number of hydrogen-bond acceptors (Lipinski definition) is 5. The van der Waals surface area contributed by atoms with E-state index in [9.17, 15) is 5.11 Å². The van der Waals surface area contributed by atoms with E-state index < -0.39 is 0 Å². The molecule has 0 radical (unpaired) electrons. The van der Waals surface area contributed by atoms with Gasteiger partial charge >= 0.3 is 0 Å². The second-order valence-electron chi connectivity index (χ2n) is 4.89. The Kier molecular flexibility index (Phi) is 5.99. The quantitative estimate of drug-likeness (QED) is 0.731. The van der Waals surface area contributed by atoms with Crippen LogP contribution in [0.3, 0.4) is 0 Å². The smallest absolute Gasteiger partial charge is 0.180 e. The van der Waals surface area contributed by atoms with Gasteiger partial charge in [0.15, 0.2) is 5.13 Å². The fourth-order valence-electron chi connectivity index (χ4n) is 2.28. The van der Waals surface area contributed by atoms with Crippen LogP contribution in [0.2, 0.25) is 5.02 Å². The number of thiazole rings is 1. The second-order valence-corrected chi connectivity index (χ2v) is 6.39. The predicted octanol–water partition coefficient (Wildman–Crippen LogP) is 3.22. The molecule has 0 amide bonds. The SMILES string of the molecule is CCC[C@H](CO)NC(c1cnc(N)s1)c1ccccc1Cl. The third kappa shape index (κ3) is 4.17. The first-order chi connectivity index (χ1) is 10.2. The van der Waals surface area contributed by atoms with Crippen molar-refractivity contribution in [3.8, 4) is 0 Å². The Morgan fingerprint density at radius 1 is 1.43 bits per heavy atom. The molecule has 1 heterocycles. The molecule has 0 saturated heterocycles. The summed E-state index contributed by atoms with van der Waals surface area (Å²) in [6, 6.07) is 7.60. The van der Waals surface area contributed by atoms with Gasteiger partial charge in [0.05, 0.1) is 12.6 Å². The average molecular weight is 326 g/mol. The van der Waals surface area contributed by atoms with Crippen molar-refractivity contribution in [2.45, 2.75) is 31.8 Å². The summed E-state index contributed by atoms with van der Waals surface area (Å²) in [7, 11) is 0. The first-order valence-corrected chi connectivity index (χ1v) is 8.17. The van der Waals surface area contributed by atoms with Crippen LogP contribution in [0.25, 0.3) is 0 Å². The molecule has 2 atom stereocenters. The van der Waals surface area contributed by atoms with Crippen LogP contribution in [-0.2, 0) is 0 Å². The maximum Gasteiger partial charge on any atom is 0.180 e. The standard InChI is InChI=1S/C15H20ClN3OS/c1-2-5-10(9-20)19-14(13-8-18-15(17)21-13)11-6-3-4-7-12(11)16/h3-4,6-8,10,14,19-20H,2,5,9H2,1H3,(H2,17,18)/t10-,14?/m1/s1. The summed E-state index contributed by atoms with van der Waals surface area (Å²) >= 11 is 7.76. The fourth-order valence-corrected chi connectivity index (χ4v) is 3.29. The number of nitrogen functional groups attached to an aromatic ring is 1. The summed E-state index contributed by atoms with van der Waals surface area (Å²) in [5.41, 5.74) is 6.72. The van der Waals surface area contributed by atoms with Crippen LogP contribution in [-0.4, -0.2) is 22.7 Å². The Hall–Kier alpha value is -1.14. The molecule has 21 heavy (non-hydrogen) atoms. The van der Waals surface area contributed by atoms with Gasteiger partial charge in [-0.05, 0) is 18.1 Å². The largest absolute Gasteiger partial charge is 0.395 e. The lowest BCUT2D eigenvalue weighted by Crippen LogP contribution is -2.36. The first-order valence-electron chi connectivity index (χ1n) is 6.98. The number of rotatable bonds is 7. The minimum atomic E-state index is -0.114. The summed E-state index contributed by atoms with van der Waals surface area (Å²) in [5, 5.41) is 14.2. The monoisotopic (exact) mass is 325 g/mol. The van der Waals surface area contributed by atoms with E-state index >= 15 is 0 Å². The molecule has 6 heteroatoms. The summed E-state index contributed by atoms with van der Waals surface area (Å²) in [4.78, 5) is 5.12. The van der Waals surface area contributed by atoms with Crippen LogP contribution in [0.5, 0.6) is 0 Å². The number of halogens is 1. The maximum absolute atomic E-state index is 9.54. The van der Waals surface area contributed by atoms with E-state index in [-0.39, 0.29) is 18.7 Å². The molecule has 2 aromatic rings. The Labute approximate surface area is 134 Å². The van der Waals surface area contributed by atoms with Crippen LogP contribution < -0.4 is 11.1 Å². The zero-order valence-corrected chi connectivity index (χ0v) is 13.5. The molecule has 1 unspecified atom stereocenters.